The van der Waals surface area contributed by atoms with Gasteiger partial charge < -0.3 is 15.6 Å². The monoisotopic (exact) mass is 337 g/mol. The van der Waals surface area contributed by atoms with E-state index in [0.717, 1.165) is 12.8 Å². The summed E-state index contributed by atoms with van der Waals surface area (Å²) in [4.78, 5) is 27.4. The molecule has 126 valence electrons. The number of hydrogen-bond acceptors (Lipinski definition) is 2. The molecular weight excluding hydrogens is 321 g/mol. The SMILES string of the molecule is O=C(NC1CC1)c1cccc(NC(=O)c2cc3c(F)cccc3[nH]2)c1. The molecule has 0 bridgehead atoms. The summed E-state index contributed by atoms with van der Waals surface area (Å²) in [6, 6.07) is 13.1. The van der Waals surface area contributed by atoms with Gasteiger partial charge >= 0.3 is 0 Å². The van der Waals surface area contributed by atoms with E-state index in [1.807, 2.05) is 0 Å². The third-order valence-electron chi connectivity index (χ3n) is 4.15. The van der Waals surface area contributed by atoms with Crippen molar-refractivity contribution in [2.24, 2.45) is 0 Å². The molecule has 6 heteroatoms. The molecule has 5 nitrogen and oxygen atoms in total. The molecule has 1 aliphatic carbocycles. The number of H-pyrrole nitrogens is 1. The van der Waals surface area contributed by atoms with E-state index in [-0.39, 0.29) is 23.5 Å². The van der Waals surface area contributed by atoms with Crippen molar-refractivity contribution < 1.29 is 14.0 Å². The summed E-state index contributed by atoms with van der Waals surface area (Å²) in [5.74, 6) is -0.923. The molecule has 25 heavy (non-hydrogen) atoms. The first-order chi connectivity index (χ1) is 12.1. The Hall–Kier alpha value is -3.15. The van der Waals surface area contributed by atoms with Gasteiger partial charge in [-0.05, 0) is 49.2 Å². The number of halogens is 1. The molecular formula is C19H16FN3O2. The Morgan fingerprint density at radius 1 is 1.04 bits per heavy atom. The molecule has 1 fully saturated rings. The number of anilines is 1. The fourth-order valence-electron chi connectivity index (χ4n) is 2.67. The van der Waals surface area contributed by atoms with Crippen LogP contribution in [0.2, 0.25) is 0 Å². The van der Waals surface area contributed by atoms with Gasteiger partial charge in [0.1, 0.15) is 11.5 Å². The van der Waals surface area contributed by atoms with Crippen molar-refractivity contribution in [1.82, 2.24) is 10.3 Å². The van der Waals surface area contributed by atoms with E-state index in [0.29, 0.717) is 22.2 Å². The summed E-state index contributed by atoms with van der Waals surface area (Å²) in [6.45, 7) is 0. The second kappa shape index (κ2) is 6.05. The van der Waals surface area contributed by atoms with Gasteiger partial charge in [-0.2, -0.15) is 0 Å². The van der Waals surface area contributed by atoms with E-state index >= 15 is 0 Å². The van der Waals surface area contributed by atoms with Crippen molar-refractivity contribution in [3.8, 4) is 0 Å². The number of amides is 2. The second-order valence-electron chi connectivity index (χ2n) is 6.17. The first kappa shape index (κ1) is 15.4. The lowest BCUT2D eigenvalue weighted by atomic mass is 10.2. The van der Waals surface area contributed by atoms with Crippen LogP contribution in [0.25, 0.3) is 10.9 Å². The molecule has 0 radical (unpaired) electrons. The van der Waals surface area contributed by atoms with Crippen LogP contribution < -0.4 is 10.6 Å². The van der Waals surface area contributed by atoms with Gasteiger partial charge in [0.05, 0.1) is 0 Å². The molecule has 0 aliphatic heterocycles. The summed E-state index contributed by atoms with van der Waals surface area (Å²) >= 11 is 0. The van der Waals surface area contributed by atoms with Crippen molar-refractivity contribution in [3.63, 3.8) is 0 Å². The molecule has 4 rings (SSSR count). The van der Waals surface area contributed by atoms with Crippen LogP contribution in [-0.2, 0) is 0 Å². The summed E-state index contributed by atoms with van der Waals surface area (Å²) in [7, 11) is 0. The lowest BCUT2D eigenvalue weighted by Crippen LogP contribution is -2.25. The molecule has 2 amide bonds. The molecule has 1 aromatic heterocycles. The maximum absolute atomic E-state index is 13.7. The number of hydrogen-bond donors (Lipinski definition) is 3. The summed E-state index contributed by atoms with van der Waals surface area (Å²) in [6.07, 6.45) is 2.03. The Kier molecular flexibility index (Phi) is 3.72. The lowest BCUT2D eigenvalue weighted by molar-refractivity contribution is 0.0949. The largest absolute Gasteiger partial charge is 0.350 e. The molecule has 1 aliphatic rings. The Bertz CT molecular complexity index is 976. The molecule has 1 saturated carbocycles. The van der Waals surface area contributed by atoms with Crippen LogP contribution in [-0.4, -0.2) is 22.8 Å². The minimum Gasteiger partial charge on any atom is -0.350 e. The first-order valence-electron chi connectivity index (χ1n) is 8.10. The Labute approximate surface area is 143 Å². The van der Waals surface area contributed by atoms with Gasteiger partial charge in [0.15, 0.2) is 0 Å². The zero-order valence-electron chi connectivity index (χ0n) is 13.3. The molecule has 0 atom stereocenters. The highest BCUT2D eigenvalue weighted by Crippen LogP contribution is 2.21. The number of carbonyl (C=O) groups excluding carboxylic acids is 2. The van der Waals surface area contributed by atoms with E-state index in [2.05, 4.69) is 15.6 Å². The highest BCUT2D eigenvalue weighted by atomic mass is 19.1. The van der Waals surface area contributed by atoms with Gasteiger partial charge in [0.25, 0.3) is 11.8 Å². The Morgan fingerprint density at radius 2 is 1.84 bits per heavy atom. The molecule has 0 spiro atoms. The van der Waals surface area contributed by atoms with Crippen LogP contribution >= 0.6 is 0 Å². The minimum absolute atomic E-state index is 0.147. The van der Waals surface area contributed by atoms with Crippen molar-refractivity contribution in [1.29, 1.82) is 0 Å². The maximum atomic E-state index is 13.7. The number of benzene rings is 2. The van der Waals surface area contributed by atoms with Crippen LogP contribution in [0.3, 0.4) is 0 Å². The third kappa shape index (κ3) is 3.24. The van der Waals surface area contributed by atoms with Crippen molar-refractivity contribution in [2.45, 2.75) is 18.9 Å². The van der Waals surface area contributed by atoms with Crippen LogP contribution in [0.5, 0.6) is 0 Å². The summed E-state index contributed by atoms with van der Waals surface area (Å²) in [5, 5.41) is 6.00. The quantitative estimate of drug-likeness (QED) is 0.682. The molecule has 0 saturated heterocycles. The zero-order valence-corrected chi connectivity index (χ0v) is 13.3. The van der Waals surface area contributed by atoms with E-state index < -0.39 is 5.91 Å². The normalized spacial score (nSPS) is 13.6. The first-order valence-corrected chi connectivity index (χ1v) is 8.10. The maximum Gasteiger partial charge on any atom is 0.272 e. The summed E-state index contributed by atoms with van der Waals surface area (Å²) in [5.41, 5.74) is 1.82. The highest BCUT2D eigenvalue weighted by Gasteiger charge is 2.23. The summed E-state index contributed by atoms with van der Waals surface area (Å²) < 4.78 is 13.7. The lowest BCUT2D eigenvalue weighted by Gasteiger charge is -2.07. The van der Waals surface area contributed by atoms with Crippen LogP contribution in [0.1, 0.15) is 33.7 Å². The van der Waals surface area contributed by atoms with E-state index in [4.69, 9.17) is 0 Å². The van der Waals surface area contributed by atoms with Crippen molar-refractivity contribution in [3.05, 3.63) is 65.6 Å². The molecule has 1 heterocycles. The van der Waals surface area contributed by atoms with Gasteiger partial charge in [-0.3, -0.25) is 9.59 Å². The average molecular weight is 337 g/mol. The van der Waals surface area contributed by atoms with Gasteiger partial charge in [-0.25, -0.2) is 4.39 Å². The minimum atomic E-state index is -0.393. The topological polar surface area (TPSA) is 74.0 Å². The smallest absolute Gasteiger partial charge is 0.272 e. The van der Waals surface area contributed by atoms with Gasteiger partial charge in [-0.15, -0.1) is 0 Å². The van der Waals surface area contributed by atoms with Gasteiger partial charge in [0, 0.05) is 28.2 Å². The number of aromatic amines is 1. The predicted octanol–water partition coefficient (Wildman–Crippen LogP) is 3.45. The molecule has 3 aromatic rings. The van der Waals surface area contributed by atoms with Crippen molar-refractivity contribution in [2.75, 3.05) is 5.32 Å². The second-order valence-corrected chi connectivity index (χ2v) is 6.17. The zero-order chi connectivity index (χ0) is 17.4. The Morgan fingerprint density at radius 3 is 2.60 bits per heavy atom. The number of aromatic nitrogens is 1. The third-order valence-corrected chi connectivity index (χ3v) is 4.15. The van der Waals surface area contributed by atoms with E-state index in [1.54, 1.807) is 36.4 Å². The Balaban J connectivity index is 1.53. The van der Waals surface area contributed by atoms with Gasteiger partial charge in [0.2, 0.25) is 0 Å². The predicted molar refractivity (Wildman–Crippen MR) is 93.1 cm³/mol. The van der Waals surface area contributed by atoms with Crippen LogP contribution in [0.15, 0.2) is 48.5 Å². The van der Waals surface area contributed by atoms with Crippen LogP contribution in [0, 0.1) is 5.82 Å². The standard InChI is InChI=1S/C19H16FN3O2/c20-15-5-2-6-16-14(15)10-17(23-16)19(25)22-13-4-1-3-11(9-13)18(24)21-12-7-8-12/h1-6,9-10,12,23H,7-8H2,(H,21,24)(H,22,25). The van der Waals surface area contributed by atoms with E-state index in [1.165, 1.54) is 12.1 Å². The number of fused-ring (bicyclic) bond motifs is 1. The fourth-order valence-corrected chi connectivity index (χ4v) is 2.67. The molecule has 0 unspecified atom stereocenters. The average Bonchev–Trinajstić information content (AvgIpc) is 3.30. The van der Waals surface area contributed by atoms with Crippen LogP contribution in [0.4, 0.5) is 10.1 Å². The number of rotatable bonds is 4. The van der Waals surface area contributed by atoms with Crippen molar-refractivity contribution >= 4 is 28.4 Å². The fraction of sp³-hybridized carbons (Fsp3) is 0.158. The number of carbonyl (C=O) groups is 2. The van der Waals surface area contributed by atoms with Gasteiger partial charge in [-0.1, -0.05) is 12.1 Å². The number of nitrogens with one attached hydrogen (secondary N) is 3. The molecule has 2 aromatic carbocycles. The highest BCUT2D eigenvalue weighted by molar-refractivity contribution is 6.06. The van der Waals surface area contributed by atoms with E-state index in [9.17, 15) is 14.0 Å². The molecule has 3 N–H and O–H groups in total.